The summed E-state index contributed by atoms with van der Waals surface area (Å²) in [5.74, 6) is 0.573. The molecule has 0 atom stereocenters. The van der Waals surface area contributed by atoms with Gasteiger partial charge >= 0.3 is 0 Å². The third kappa shape index (κ3) is 6.95. The first kappa shape index (κ1) is 26.8. The average molecular weight is 577 g/mol. The van der Waals surface area contributed by atoms with Gasteiger partial charge in [-0.2, -0.15) is 0 Å². The van der Waals surface area contributed by atoms with Crippen LogP contribution < -0.4 is 15.4 Å². The van der Waals surface area contributed by atoms with Crippen molar-refractivity contribution < 1.29 is 14.3 Å². The predicted octanol–water partition coefficient (Wildman–Crippen LogP) is 5.90. The Morgan fingerprint density at radius 1 is 0.973 bits per heavy atom. The molecule has 0 fully saturated rings. The second-order valence-electron chi connectivity index (χ2n) is 7.59. The molecule has 12 heteroatoms. The molecule has 0 bridgehead atoms. The van der Waals surface area contributed by atoms with Crippen LogP contribution in [0.3, 0.4) is 0 Å². The third-order valence-corrected chi connectivity index (χ3v) is 6.78. The lowest BCUT2D eigenvalue weighted by molar-refractivity contribution is -0.113. The van der Waals surface area contributed by atoms with Crippen molar-refractivity contribution in [1.82, 2.24) is 20.1 Å². The average Bonchev–Trinajstić information content (AvgIpc) is 3.30. The minimum absolute atomic E-state index is 0.0415. The van der Waals surface area contributed by atoms with Crippen LogP contribution in [0.4, 0.5) is 5.69 Å². The number of ether oxygens (including phenoxy) is 1. The number of amides is 2. The van der Waals surface area contributed by atoms with E-state index < -0.39 is 5.91 Å². The summed E-state index contributed by atoms with van der Waals surface area (Å²) in [7, 11) is 1.58. The van der Waals surface area contributed by atoms with E-state index in [9.17, 15) is 9.59 Å². The Bertz CT molecular complexity index is 1430. The largest absolute Gasteiger partial charge is 0.497 e. The number of thioether (sulfide) groups is 1. The van der Waals surface area contributed by atoms with Crippen molar-refractivity contribution in [2.24, 2.45) is 0 Å². The van der Waals surface area contributed by atoms with Crippen LogP contribution in [0.25, 0.3) is 5.69 Å². The molecule has 0 aliphatic carbocycles. The Kier molecular flexibility index (Phi) is 8.94. The summed E-state index contributed by atoms with van der Waals surface area (Å²) in [6, 6.07) is 18.8. The zero-order valence-corrected chi connectivity index (χ0v) is 22.5. The van der Waals surface area contributed by atoms with Gasteiger partial charge in [0.2, 0.25) is 5.91 Å². The number of rotatable bonds is 9. The number of carbonyl (C=O) groups excluding carboxylic acids is 2. The minimum atomic E-state index is -0.416. The third-order valence-electron chi connectivity index (χ3n) is 5.05. The van der Waals surface area contributed by atoms with Gasteiger partial charge in [-0.1, -0.05) is 52.6 Å². The Morgan fingerprint density at radius 2 is 1.73 bits per heavy atom. The highest BCUT2D eigenvalue weighted by atomic mass is 35.5. The Hall–Kier alpha value is -3.24. The minimum Gasteiger partial charge on any atom is -0.497 e. The van der Waals surface area contributed by atoms with E-state index in [1.807, 2.05) is 6.07 Å². The summed E-state index contributed by atoms with van der Waals surface area (Å²) < 4.78 is 6.87. The SMILES string of the molecule is COc1ccc(NC(=O)CSc2nnc(CNC(=O)c3cc(Cl)ccc3Cl)n2-c2cccc(Cl)c2)cc1. The number of nitrogens with one attached hydrogen (secondary N) is 2. The molecule has 4 rings (SSSR count). The molecule has 2 amide bonds. The van der Waals surface area contributed by atoms with Crippen LogP contribution in [0.15, 0.2) is 71.9 Å². The number of carbonyl (C=O) groups is 2. The van der Waals surface area contributed by atoms with Crippen molar-refractivity contribution in [3.63, 3.8) is 0 Å². The summed E-state index contributed by atoms with van der Waals surface area (Å²) in [5.41, 5.74) is 1.57. The van der Waals surface area contributed by atoms with Crippen LogP contribution >= 0.6 is 46.6 Å². The van der Waals surface area contributed by atoms with Gasteiger partial charge in [-0.3, -0.25) is 14.2 Å². The lowest BCUT2D eigenvalue weighted by Crippen LogP contribution is -2.25. The van der Waals surface area contributed by atoms with Crippen molar-refractivity contribution >= 4 is 64.1 Å². The molecule has 2 N–H and O–H groups in total. The monoisotopic (exact) mass is 575 g/mol. The molecule has 8 nitrogen and oxygen atoms in total. The summed E-state index contributed by atoms with van der Waals surface area (Å²) in [5, 5.41) is 15.7. The zero-order valence-electron chi connectivity index (χ0n) is 19.4. The van der Waals surface area contributed by atoms with E-state index in [0.717, 1.165) is 0 Å². The summed E-state index contributed by atoms with van der Waals surface area (Å²) in [6.07, 6.45) is 0. The van der Waals surface area contributed by atoms with Crippen molar-refractivity contribution in [1.29, 1.82) is 0 Å². The number of hydrogen-bond acceptors (Lipinski definition) is 6. The van der Waals surface area contributed by atoms with E-state index in [0.29, 0.717) is 38.2 Å². The Balaban J connectivity index is 1.50. The molecule has 37 heavy (non-hydrogen) atoms. The fraction of sp³-hybridized carbons (Fsp3) is 0.120. The lowest BCUT2D eigenvalue weighted by atomic mass is 10.2. The number of methoxy groups -OCH3 is 1. The van der Waals surface area contributed by atoms with E-state index >= 15 is 0 Å². The molecular formula is C25H20Cl3N5O3S. The molecule has 0 aliphatic rings. The van der Waals surface area contributed by atoms with Crippen LogP contribution in [0.2, 0.25) is 15.1 Å². The topological polar surface area (TPSA) is 98.1 Å². The van der Waals surface area contributed by atoms with Crippen LogP contribution in [-0.2, 0) is 11.3 Å². The maximum absolute atomic E-state index is 12.7. The molecule has 1 heterocycles. The molecule has 0 spiro atoms. The van der Waals surface area contributed by atoms with Crippen molar-refractivity contribution in [3.8, 4) is 11.4 Å². The van der Waals surface area contributed by atoms with E-state index in [-0.39, 0.29) is 28.8 Å². The molecule has 4 aromatic rings. The molecular weight excluding hydrogens is 557 g/mol. The second-order valence-corrected chi connectivity index (χ2v) is 9.81. The van der Waals surface area contributed by atoms with Gasteiger partial charge in [0, 0.05) is 15.7 Å². The number of benzene rings is 3. The smallest absolute Gasteiger partial charge is 0.253 e. The number of halogens is 3. The number of anilines is 1. The van der Waals surface area contributed by atoms with E-state index in [1.54, 1.807) is 66.3 Å². The Morgan fingerprint density at radius 3 is 2.46 bits per heavy atom. The fourth-order valence-corrected chi connectivity index (χ4v) is 4.64. The maximum Gasteiger partial charge on any atom is 0.253 e. The van der Waals surface area contributed by atoms with Crippen molar-refractivity contribution in [2.75, 3.05) is 18.2 Å². The van der Waals surface area contributed by atoms with E-state index in [1.165, 1.54) is 17.8 Å². The first-order chi connectivity index (χ1) is 17.8. The highest BCUT2D eigenvalue weighted by Gasteiger charge is 2.18. The summed E-state index contributed by atoms with van der Waals surface area (Å²) >= 11 is 19.6. The van der Waals surface area contributed by atoms with Gasteiger partial charge < -0.3 is 15.4 Å². The first-order valence-corrected chi connectivity index (χ1v) is 13.0. The standard InChI is InChI=1S/C25H20Cl3N5O3S/c1-36-19-8-6-17(7-9-19)30-23(34)14-37-25-32-31-22(33(25)18-4-2-3-15(26)11-18)13-29-24(35)20-12-16(27)5-10-21(20)28/h2-12H,13-14H2,1H3,(H,29,35)(H,30,34). The molecule has 0 saturated heterocycles. The van der Waals surface area contributed by atoms with Gasteiger partial charge in [-0.05, 0) is 60.7 Å². The maximum atomic E-state index is 12.7. The zero-order chi connectivity index (χ0) is 26.4. The highest BCUT2D eigenvalue weighted by Crippen LogP contribution is 2.25. The molecule has 190 valence electrons. The van der Waals surface area contributed by atoms with Gasteiger partial charge in [0.15, 0.2) is 11.0 Å². The number of aromatic nitrogens is 3. The molecule has 0 saturated carbocycles. The lowest BCUT2D eigenvalue weighted by Gasteiger charge is -2.12. The quantitative estimate of drug-likeness (QED) is 0.241. The summed E-state index contributed by atoms with van der Waals surface area (Å²) in [4.78, 5) is 25.3. The molecule has 3 aromatic carbocycles. The number of hydrogen-bond donors (Lipinski definition) is 2. The molecule has 0 aliphatic heterocycles. The normalized spacial score (nSPS) is 10.7. The van der Waals surface area contributed by atoms with Crippen LogP contribution in [-0.4, -0.2) is 39.4 Å². The van der Waals surface area contributed by atoms with Gasteiger partial charge in [-0.15, -0.1) is 10.2 Å². The predicted molar refractivity (Wildman–Crippen MR) is 146 cm³/mol. The van der Waals surface area contributed by atoms with Crippen molar-refractivity contribution in [2.45, 2.75) is 11.7 Å². The van der Waals surface area contributed by atoms with Crippen LogP contribution in [0, 0.1) is 0 Å². The van der Waals surface area contributed by atoms with Gasteiger partial charge in [0.1, 0.15) is 5.75 Å². The second kappa shape index (κ2) is 12.3. The fourth-order valence-electron chi connectivity index (χ4n) is 3.31. The molecule has 0 unspecified atom stereocenters. The summed E-state index contributed by atoms with van der Waals surface area (Å²) in [6.45, 7) is 0.0415. The van der Waals surface area contributed by atoms with E-state index in [4.69, 9.17) is 39.5 Å². The van der Waals surface area contributed by atoms with Crippen LogP contribution in [0.5, 0.6) is 5.75 Å². The first-order valence-electron chi connectivity index (χ1n) is 10.8. The number of nitrogens with zero attached hydrogens (tertiary/aromatic N) is 3. The van der Waals surface area contributed by atoms with Gasteiger partial charge in [0.05, 0.1) is 35.7 Å². The van der Waals surface area contributed by atoms with Crippen LogP contribution in [0.1, 0.15) is 16.2 Å². The molecule has 0 radical (unpaired) electrons. The van der Waals surface area contributed by atoms with Gasteiger partial charge in [0.25, 0.3) is 5.91 Å². The Labute approximate surface area is 232 Å². The van der Waals surface area contributed by atoms with Gasteiger partial charge in [-0.25, -0.2) is 0 Å². The van der Waals surface area contributed by atoms with Crippen molar-refractivity contribution in [3.05, 3.63) is 93.2 Å². The molecule has 1 aromatic heterocycles. The van der Waals surface area contributed by atoms with E-state index in [2.05, 4.69) is 20.8 Å². The highest BCUT2D eigenvalue weighted by molar-refractivity contribution is 7.99.